The number of carbonyl (C=O) groups is 1. The van der Waals surface area contributed by atoms with E-state index in [-0.39, 0.29) is 19.1 Å². The predicted octanol–water partition coefficient (Wildman–Crippen LogP) is 1.96. The van der Waals surface area contributed by atoms with Gasteiger partial charge in [-0.2, -0.15) is 0 Å². The Morgan fingerprint density at radius 2 is 2.00 bits per heavy atom. The monoisotopic (exact) mass is 309 g/mol. The maximum Gasteiger partial charge on any atom is 0.252 e. The van der Waals surface area contributed by atoms with Crippen LogP contribution in [0.1, 0.15) is 10.4 Å². The molecule has 1 aromatic carbocycles. The highest BCUT2D eigenvalue weighted by atomic mass is 16.5. The fraction of sp³-hybridized carbons (Fsp3) is 0.222. The van der Waals surface area contributed by atoms with Gasteiger partial charge in [0.1, 0.15) is 12.4 Å². The summed E-state index contributed by atoms with van der Waals surface area (Å²) in [7, 11) is 3.91. The van der Waals surface area contributed by atoms with Crippen LogP contribution in [0.2, 0.25) is 0 Å². The van der Waals surface area contributed by atoms with Gasteiger partial charge in [0.05, 0.1) is 12.7 Å². The summed E-state index contributed by atoms with van der Waals surface area (Å²) in [6, 6.07) is 11.0. The van der Waals surface area contributed by atoms with E-state index in [4.69, 9.17) is 4.74 Å². The van der Waals surface area contributed by atoms with Gasteiger partial charge in [-0.3, -0.25) is 9.78 Å². The van der Waals surface area contributed by atoms with Crippen molar-refractivity contribution in [1.29, 1.82) is 0 Å². The van der Waals surface area contributed by atoms with Crippen LogP contribution < -0.4 is 15.0 Å². The van der Waals surface area contributed by atoms with Gasteiger partial charge in [-0.15, -0.1) is 0 Å². The van der Waals surface area contributed by atoms with Gasteiger partial charge in [-0.1, -0.05) is 11.8 Å². The van der Waals surface area contributed by atoms with Gasteiger partial charge >= 0.3 is 0 Å². The third-order valence-electron chi connectivity index (χ3n) is 3.05. The second-order valence-corrected chi connectivity index (χ2v) is 4.95. The molecule has 0 saturated carbocycles. The molecule has 0 unspecified atom stereocenters. The van der Waals surface area contributed by atoms with Crippen molar-refractivity contribution in [2.24, 2.45) is 0 Å². The highest BCUT2D eigenvalue weighted by Crippen LogP contribution is 2.11. The molecular weight excluding hydrogens is 290 g/mol. The average Bonchev–Trinajstić information content (AvgIpc) is 2.58. The lowest BCUT2D eigenvalue weighted by molar-refractivity contribution is 0.0958. The molecule has 0 spiro atoms. The normalized spacial score (nSPS) is 9.48. The van der Waals surface area contributed by atoms with Crippen molar-refractivity contribution in [3.63, 3.8) is 0 Å². The number of anilines is 1. The molecule has 0 bridgehead atoms. The first-order chi connectivity index (χ1) is 11.2. The van der Waals surface area contributed by atoms with Gasteiger partial charge in [0.25, 0.3) is 5.91 Å². The van der Waals surface area contributed by atoms with Crippen molar-refractivity contribution in [3.05, 3.63) is 54.4 Å². The van der Waals surface area contributed by atoms with E-state index in [2.05, 4.69) is 22.1 Å². The lowest BCUT2D eigenvalue weighted by Gasteiger charge is -2.12. The van der Waals surface area contributed by atoms with Crippen molar-refractivity contribution in [1.82, 2.24) is 10.3 Å². The molecule has 5 nitrogen and oxygen atoms in total. The summed E-state index contributed by atoms with van der Waals surface area (Å²) in [4.78, 5) is 17.9. The molecule has 0 radical (unpaired) electrons. The fourth-order valence-electron chi connectivity index (χ4n) is 1.80. The lowest BCUT2D eigenvalue weighted by Crippen LogP contribution is -2.23. The van der Waals surface area contributed by atoms with Crippen LogP contribution >= 0.6 is 0 Å². The standard InChI is InChI=1S/C18H19N3O2/c1-21(2)16-9-7-15(8-10-16)18(22)20-12-3-4-13-23-17-6-5-11-19-14-17/h5-11,14H,12-13H2,1-2H3,(H,20,22). The van der Waals surface area contributed by atoms with Gasteiger partial charge < -0.3 is 15.0 Å². The molecular formula is C18H19N3O2. The van der Waals surface area contributed by atoms with Crippen LogP contribution in [0.5, 0.6) is 5.75 Å². The van der Waals surface area contributed by atoms with E-state index in [0.717, 1.165) is 5.69 Å². The first-order valence-corrected chi connectivity index (χ1v) is 7.21. The second-order valence-electron chi connectivity index (χ2n) is 4.95. The van der Waals surface area contributed by atoms with E-state index in [0.29, 0.717) is 11.3 Å². The molecule has 1 aromatic heterocycles. The van der Waals surface area contributed by atoms with Crippen LogP contribution in [-0.2, 0) is 0 Å². The number of nitrogens with zero attached hydrogens (tertiary/aromatic N) is 2. The summed E-state index contributed by atoms with van der Waals surface area (Å²) in [6.07, 6.45) is 3.31. The molecule has 0 aliphatic carbocycles. The van der Waals surface area contributed by atoms with E-state index < -0.39 is 0 Å². The summed E-state index contributed by atoms with van der Waals surface area (Å²) >= 11 is 0. The molecule has 0 fully saturated rings. The Balaban J connectivity index is 1.73. The van der Waals surface area contributed by atoms with Crippen LogP contribution in [0.3, 0.4) is 0 Å². The van der Waals surface area contributed by atoms with Gasteiger partial charge in [0.15, 0.2) is 0 Å². The van der Waals surface area contributed by atoms with Crippen molar-refractivity contribution in [2.75, 3.05) is 32.1 Å². The van der Waals surface area contributed by atoms with Crippen LogP contribution in [-0.4, -0.2) is 38.1 Å². The number of carbonyl (C=O) groups excluding carboxylic acids is 1. The second kappa shape index (κ2) is 8.44. The fourth-order valence-corrected chi connectivity index (χ4v) is 1.80. The van der Waals surface area contributed by atoms with Gasteiger partial charge in [0, 0.05) is 31.5 Å². The Bertz CT molecular complexity index is 686. The first-order valence-electron chi connectivity index (χ1n) is 7.21. The van der Waals surface area contributed by atoms with Gasteiger partial charge in [0.2, 0.25) is 0 Å². The third kappa shape index (κ3) is 5.36. The van der Waals surface area contributed by atoms with E-state index in [1.165, 1.54) is 0 Å². The summed E-state index contributed by atoms with van der Waals surface area (Å²) in [5.74, 6) is 6.23. The minimum absolute atomic E-state index is 0.141. The zero-order valence-corrected chi connectivity index (χ0v) is 13.2. The Hall–Kier alpha value is -3.00. The van der Waals surface area contributed by atoms with Crippen molar-refractivity contribution >= 4 is 11.6 Å². The number of rotatable bonds is 5. The smallest absolute Gasteiger partial charge is 0.252 e. The summed E-state index contributed by atoms with van der Waals surface area (Å²) in [5.41, 5.74) is 1.66. The van der Waals surface area contributed by atoms with E-state index in [1.807, 2.05) is 37.2 Å². The number of pyridine rings is 1. The molecule has 5 heteroatoms. The summed E-state index contributed by atoms with van der Waals surface area (Å²) in [6.45, 7) is 0.545. The zero-order valence-electron chi connectivity index (χ0n) is 13.2. The number of amides is 1. The topological polar surface area (TPSA) is 54.5 Å². The Labute approximate surface area is 136 Å². The summed E-state index contributed by atoms with van der Waals surface area (Å²) in [5, 5.41) is 2.75. The average molecular weight is 309 g/mol. The quantitative estimate of drug-likeness (QED) is 0.858. The molecule has 0 aliphatic rings. The Morgan fingerprint density at radius 3 is 2.65 bits per heavy atom. The van der Waals surface area contributed by atoms with Gasteiger partial charge in [-0.05, 0) is 36.4 Å². The molecule has 1 amide bonds. The lowest BCUT2D eigenvalue weighted by atomic mass is 10.2. The van der Waals surface area contributed by atoms with E-state index in [9.17, 15) is 4.79 Å². The van der Waals surface area contributed by atoms with Crippen LogP contribution in [0.15, 0.2) is 48.8 Å². The van der Waals surface area contributed by atoms with E-state index in [1.54, 1.807) is 30.6 Å². The maximum atomic E-state index is 11.9. The molecule has 2 rings (SSSR count). The largest absolute Gasteiger partial charge is 0.479 e. The highest BCUT2D eigenvalue weighted by Gasteiger charge is 2.04. The van der Waals surface area contributed by atoms with Crippen LogP contribution in [0.4, 0.5) is 5.69 Å². The van der Waals surface area contributed by atoms with Crippen molar-refractivity contribution in [3.8, 4) is 17.6 Å². The number of ether oxygens (including phenoxy) is 1. The Morgan fingerprint density at radius 1 is 1.22 bits per heavy atom. The third-order valence-corrected chi connectivity index (χ3v) is 3.05. The minimum atomic E-state index is -0.141. The van der Waals surface area contributed by atoms with E-state index >= 15 is 0 Å². The molecule has 1 N–H and O–H groups in total. The number of nitrogens with one attached hydrogen (secondary N) is 1. The zero-order chi connectivity index (χ0) is 16.5. The van der Waals surface area contributed by atoms with Crippen molar-refractivity contribution < 1.29 is 9.53 Å². The number of benzene rings is 1. The number of hydrogen-bond acceptors (Lipinski definition) is 4. The number of hydrogen-bond donors (Lipinski definition) is 1. The minimum Gasteiger partial charge on any atom is -0.479 e. The number of aromatic nitrogens is 1. The SMILES string of the molecule is CN(C)c1ccc(C(=O)NCC#CCOc2cccnc2)cc1. The summed E-state index contributed by atoms with van der Waals surface area (Å²) < 4.78 is 5.38. The molecule has 1 heterocycles. The van der Waals surface area contributed by atoms with Crippen LogP contribution in [0.25, 0.3) is 0 Å². The molecule has 118 valence electrons. The Kier molecular flexibility index (Phi) is 6.01. The predicted molar refractivity (Wildman–Crippen MR) is 90.6 cm³/mol. The molecule has 0 atom stereocenters. The highest BCUT2D eigenvalue weighted by molar-refractivity contribution is 5.94. The molecule has 23 heavy (non-hydrogen) atoms. The van der Waals surface area contributed by atoms with Crippen LogP contribution in [0, 0.1) is 11.8 Å². The molecule has 2 aromatic rings. The van der Waals surface area contributed by atoms with Crippen molar-refractivity contribution in [2.45, 2.75) is 0 Å². The molecule has 0 saturated heterocycles. The van der Waals surface area contributed by atoms with Gasteiger partial charge in [-0.25, -0.2) is 0 Å². The molecule has 0 aliphatic heterocycles. The maximum absolute atomic E-state index is 11.9. The first kappa shape index (κ1) is 16.4.